The number of hydrogen-bond donors (Lipinski definition) is 0. The van der Waals surface area contributed by atoms with E-state index in [0.29, 0.717) is 6.42 Å². The second kappa shape index (κ2) is 6.35. The first-order valence-corrected chi connectivity index (χ1v) is 7.09. The van der Waals surface area contributed by atoms with Gasteiger partial charge in [-0.2, -0.15) is 0 Å². The maximum absolute atomic E-state index is 10.8. The molecule has 20 heavy (non-hydrogen) atoms. The van der Waals surface area contributed by atoms with Crippen molar-refractivity contribution in [3.63, 3.8) is 0 Å². The molecular weight excluding hydrogens is 260 g/mol. The van der Waals surface area contributed by atoms with E-state index < -0.39 is 12.1 Å². The number of allylic oxidation sites excluding steroid dienone is 1. The third-order valence-electron chi connectivity index (χ3n) is 3.83. The van der Waals surface area contributed by atoms with Gasteiger partial charge in [0.15, 0.2) is 12.1 Å². The molecule has 2 fully saturated rings. The fourth-order valence-corrected chi connectivity index (χ4v) is 3.01. The van der Waals surface area contributed by atoms with Crippen LogP contribution < -0.4 is 0 Å². The van der Waals surface area contributed by atoms with Gasteiger partial charge in [-0.3, -0.25) is 0 Å². The van der Waals surface area contributed by atoms with E-state index in [9.17, 15) is 4.79 Å². The molecule has 0 spiro atoms. The number of carbonyl (C=O) groups is 1. The fourth-order valence-electron chi connectivity index (χ4n) is 3.01. The zero-order valence-corrected chi connectivity index (χ0v) is 12.4. The third-order valence-corrected chi connectivity index (χ3v) is 3.83. The molecule has 0 aromatic heterocycles. The lowest BCUT2D eigenvalue weighted by atomic mass is 9.92. The summed E-state index contributed by atoms with van der Waals surface area (Å²) in [5, 5.41) is 0. The summed E-state index contributed by atoms with van der Waals surface area (Å²) in [6, 6.07) is 0. The van der Waals surface area contributed by atoms with Crippen LogP contribution in [-0.2, 0) is 23.7 Å². The van der Waals surface area contributed by atoms with Gasteiger partial charge in [0.05, 0.1) is 6.10 Å². The normalized spacial score (nSPS) is 36.5. The average molecular weight is 284 g/mol. The molecule has 0 amide bonds. The summed E-state index contributed by atoms with van der Waals surface area (Å²) in [6.45, 7) is 7.52. The van der Waals surface area contributed by atoms with Crippen LogP contribution in [0, 0.1) is 5.92 Å². The molecule has 2 saturated heterocycles. The predicted octanol–water partition coefficient (Wildman–Crippen LogP) is 2.05. The van der Waals surface area contributed by atoms with Gasteiger partial charge in [-0.15, -0.1) is 6.58 Å². The van der Waals surface area contributed by atoms with Gasteiger partial charge < -0.3 is 23.7 Å². The lowest BCUT2D eigenvalue weighted by Crippen LogP contribution is -2.31. The van der Waals surface area contributed by atoms with E-state index in [1.807, 2.05) is 19.9 Å². The average Bonchev–Trinajstić information content (AvgIpc) is 2.84. The molecule has 0 bridgehead atoms. The minimum atomic E-state index is -0.618. The highest BCUT2D eigenvalue weighted by atomic mass is 16.8. The molecule has 0 aliphatic carbocycles. The minimum Gasteiger partial charge on any atom is -0.353 e. The smallest absolute Gasteiger partial charge is 0.186 e. The van der Waals surface area contributed by atoms with Gasteiger partial charge in [-0.05, 0) is 32.6 Å². The Morgan fingerprint density at radius 1 is 1.30 bits per heavy atom. The van der Waals surface area contributed by atoms with Gasteiger partial charge in [0.2, 0.25) is 0 Å². The maximum atomic E-state index is 10.8. The molecule has 5 heteroatoms. The second-order valence-electron chi connectivity index (χ2n) is 5.87. The molecule has 2 aliphatic rings. The Kier molecular flexibility index (Phi) is 4.96. The predicted molar refractivity (Wildman–Crippen MR) is 73.1 cm³/mol. The molecule has 2 heterocycles. The highest BCUT2D eigenvalue weighted by Crippen LogP contribution is 2.41. The van der Waals surface area contributed by atoms with Crippen LogP contribution in [0.1, 0.15) is 33.1 Å². The summed E-state index contributed by atoms with van der Waals surface area (Å²) in [4.78, 5) is 10.8. The van der Waals surface area contributed by atoms with Crippen molar-refractivity contribution in [2.24, 2.45) is 5.92 Å². The van der Waals surface area contributed by atoms with Crippen LogP contribution in [0.2, 0.25) is 0 Å². The standard InChI is InChI=1S/C15H24O5/c1-5-6-10(7-8-16)9-11-12-13(14(17-4)18-11)20-15(2,3)19-12/h5,8,10-14H,1,6-7,9H2,2-4H3/t10-,11-,12?,13?,14-/m1/s1. The van der Waals surface area contributed by atoms with Crippen molar-refractivity contribution in [2.75, 3.05) is 7.11 Å². The Labute approximate surface area is 120 Å². The van der Waals surface area contributed by atoms with Crippen molar-refractivity contribution in [1.29, 1.82) is 0 Å². The Morgan fingerprint density at radius 3 is 2.60 bits per heavy atom. The fraction of sp³-hybridized carbons (Fsp3) is 0.800. The van der Waals surface area contributed by atoms with E-state index in [-0.39, 0.29) is 24.2 Å². The van der Waals surface area contributed by atoms with Crippen LogP contribution in [0.5, 0.6) is 0 Å². The molecule has 0 N–H and O–H groups in total. The Hall–Kier alpha value is -0.750. The largest absolute Gasteiger partial charge is 0.353 e. The van der Waals surface area contributed by atoms with Gasteiger partial charge in [0.25, 0.3) is 0 Å². The molecule has 2 unspecified atom stereocenters. The first-order valence-electron chi connectivity index (χ1n) is 7.09. The number of fused-ring (bicyclic) bond motifs is 1. The van der Waals surface area contributed by atoms with Gasteiger partial charge in [-0.1, -0.05) is 6.08 Å². The summed E-state index contributed by atoms with van der Waals surface area (Å²) in [7, 11) is 1.60. The van der Waals surface area contributed by atoms with E-state index in [4.69, 9.17) is 18.9 Å². The Morgan fingerprint density at radius 2 is 2.00 bits per heavy atom. The first-order chi connectivity index (χ1) is 9.50. The van der Waals surface area contributed by atoms with Crippen LogP contribution >= 0.6 is 0 Å². The molecule has 0 saturated carbocycles. The Bertz CT molecular complexity index is 344. The van der Waals surface area contributed by atoms with Crippen molar-refractivity contribution < 1.29 is 23.7 Å². The lowest BCUT2D eigenvalue weighted by molar-refractivity contribution is -0.228. The number of methoxy groups -OCH3 is 1. The maximum Gasteiger partial charge on any atom is 0.186 e. The van der Waals surface area contributed by atoms with Gasteiger partial charge >= 0.3 is 0 Å². The lowest BCUT2D eigenvalue weighted by Gasteiger charge is -2.25. The summed E-state index contributed by atoms with van der Waals surface area (Å²) in [6.07, 6.45) is 3.95. The molecule has 0 aromatic carbocycles. The zero-order chi connectivity index (χ0) is 14.8. The number of aldehydes is 1. The summed E-state index contributed by atoms with van der Waals surface area (Å²) >= 11 is 0. The molecule has 0 radical (unpaired) electrons. The number of ether oxygens (including phenoxy) is 4. The van der Waals surface area contributed by atoms with Crippen molar-refractivity contribution in [3.8, 4) is 0 Å². The van der Waals surface area contributed by atoms with E-state index >= 15 is 0 Å². The topological polar surface area (TPSA) is 54.0 Å². The highest BCUT2D eigenvalue weighted by molar-refractivity contribution is 5.49. The molecule has 2 rings (SSSR count). The van der Waals surface area contributed by atoms with Crippen LogP contribution in [0.3, 0.4) is 0 Å². The number of hydrogen-bond acceptors (Lipinski definition) is 5. The van der Waals surface area contributed by atoms with Crippen molar-refractivity contribution in [3.05, 3.63) is 12.7 Å². The van der Waals surface area contributed by atoms with E-state index in [0.717, 1.165) is 19.1 Å². The van der Waals surface area contributed by atoms with Crippen LogP contribution in [0.25, 0.3) is 0 Å². The summed E-state index contributed by atoms with van der Waals surface area (Å²) in [5.41, 5.74) is 0. The summed E-state index contributed by atoms with van der Waals surface area (Å²) < 4.78 is 23.0. The summed E-state index contributed by atoms with van der Waals surface area (Å²) in [5.74, 6) is -0.397. The van der Waals surface area contributed by atoms with E-state index in [2.05, 4.69) is 6.58 Å². The van der Waals surface area contributed by atoms with Crippen LogP contribution in [-0.4, -0.2) is 43.8 Å². The van der Waals surface area contributed by atoms with Gasteiger partial charge in [-0.25, -0.2) is 0 Å². The SMILES string of the molecule is C=CC[C@H](CC=O)C[C@H]1O[C@@H](OC)C2OC(C)(C)OC21. The number of carbonyl (C=O) groups excluding carboxylic acids is 1. The van der Waals surface area contributed by atoms with Crippen LogP contribution in [0.15, 0.2) is 12.7 Å². The second-order valence-corrected chi connectivity index (χ2v) is 5.87. The molecule has 5 atom stereocenters. The first kappa shape index (κ1) is 15.6. The quantitative estimate of drug-likeness (QED) is 0.529. The molecule has 5 nitrogen and oxygen atoms in total. The Balaban J connectivity index is 2.04. The van der Waals surface area contributed by atoms with Gasteiger partial charge in [0, 0.05) is 13.5 Å². The van der Waals surface area contributed by atoms with Gasteiger partial charge in [0.1, 0.15) is 18.5 Å². The third kappa shape index (κ3) is 3.28. The van der Waals surface area contributed by atoms with Crippen molar-refractivity contribution in [2.45, 2.75) is 63.5 Å². The monoisotopic (exact) mass is 284 g/mol. The molecule has 114 valence electrons. The van der Waals surface area contributed by atoms with Crippen molar-refractivity contribution in [1.82, 2.24) is 0 Å². The minimum absolute atomic E-state index is 0.114. The van der Waals surface area contributed by atoms with E-state index in [1.54, 1.807) is 7.11 Å². The zero-order valence-electron chi connectivity index (χ0n) is 12.4. The molecule has 0 aromatic rings. The van der Waals surface area contributed by atoms with Crippen molar-refractivity contribution >= 4 is 6.29 Å². The molecular formula is C15H24O5. The number of rotatable bonds is 7. The van der Waals surface area contributed by atoms with E-state index in [1.165, 1.54) is 0 Å². The molecule has 2 aliphatic heterocycles. The van der Waals surface area contributed by atoms with Crippen LogP contribution in [0.4, 0.5) is 0 Å². The highest BCUT2D eigenvalue weighted by Gasteiger charge is 2.55.